The summed E-state index contributed by atoms with van der Waals surface area (Å²) in [5, 5.41) is 9.73. The van der Waals surface area contributed by atoms with Gasteiger partial charge >= 0.3 is 16.1 Å². The fourth-order valence-electron chi connectivity index (χ4n) is 5.75. The zero-order valence-electron chi connectivity index (χ0n) is 22.8. The molecule has 2 bridgehead atoms. The molecule has 4 aromatic heterocycles. The summed E-state index contributed by atoms with van der Waals surface area (Å²) in [5.74, 6) is -0.0903. The zero-order chi connectivity index (χ0) is 31.7. The number of imidazole rings is 2. The number of nitrogens with two attached hydrogens (primary N) is 2. The number of aromatic nitrogens is 8. The molecule has 0 spiro atoms. The van der Waals surface area contributed by atoms with Gasteiger partial charge in [-0.1, -0.05) is 0 Å². The van der Waals surface area contributed by atoms with Crippen molar-refractivity contribution in [2.24, 2.45) is 0 Å². The van der Waals surface area contributed by atoms with Crippen LogP contribution in [0.2, 0.25) is 0 Å². The van der Waals surface area contributed by atoms with Gasteiger partial charge in [0.05, 0.1) is 38.6 Å². The fraction of sp³-hybridized carbons (Fsp3) is 0.524. The molecule has 9 atom stereocenters. The van der Waals surface area contributed by atoms with Gasteiger partial charge in [-0.15, -0.1) is 0 Å². The van der Waals surface area contributed by atoms with Crippen molar-refractivity contribution in [3.05, 3.63) is 29.3 Å². The molecule has 0 aliphatic carbocycles. The standard InChI is InChI=1S/C21H26N10O12P2/c22-14-10-15(25-5-24-14)30(6-26-10)19-12-13(42-44(34)35)21(41-19,3-38-12)4-39-45(36,37)43-9-1-8(2-32)40-18(9)31-7-27-11-16(31)28-20(23)29-17(11)33/h5-9,12-13,18-19,32,44H,1-4H2,(H,34,35)(H,36,37)(H2,22,24,25)(H3,23,28,29,33)/t8-,9?,12?,13?,18+,19+,21+/m0/s1. The Balaban J connectivity index is 1.13. The van der Waals surface area contributed by atoms with Crippen molar-refractivity contribution in [2.45, 2.75) is 48.9 Å². The molecule has 0 aromatic carbocycles. The number of fused-ring (bicyclic) bond motifs is 4. The number of aromatic amines is 1. The number of aliphatic hydroxyl groups excluding tert-OH is 1. The van der Waals surface area contributed by atoms with Gasteiger partial charge < -0.3 is 45.1 Å². The molecule has 0 amide bonds. The monoisotopic (exact) mass is 672 g/mol. The fourth-order valence-corrected chi connectivity index (χ4v) is 7.29. The van der Waals surface area contributed by atoms with Crippen molar-refractivity contribution in [3.8, 4) is 0 Å². The van der Waals surface area contributed by atoms with E-state index >= 15 is 0 Å². The molecule has 242 valence electrons. The van der Waals surface area contributed by atoms with Crippen LogP contribution in [0.25, 0.3) is 22.3 Å². The smallest absolute Gasteiger partial charge is 0.394 e. The molecule has 7 rings (SSSR count). The maximum absolute atomic E-state index is 13.3. The van der Waals surface area contributed by atoms with Gasteiger partial charge in [0.1, 0.15) is 35.8 Å². The van der Waals surface area contributed by atoms with Gasteiger partial charge in [0.2, 0.25) is 5.95 Å². The predicted octanol–water partition coefficient (Wildman–Crippen LogP) is -1.66. The van der Waals surface area contributed by atoms with Crippen LogP contribution in [0.4, 0.5) is 11.8 Å². The minimum Gasteiger partial charge on any atom is -0.394 e. The van der Waals surface area contributed by atoms with E-state index in [1.807, 2.05) is 0 Å². The molecule has 22 nitrogen and oxygen atoms in total. The van der Waals surface area contributed by atoms with Crippen LogP contribution in [-0.4, -0.2) is 104 Å². The Bertz CT molecular complexity index is 1900. The van der Waals surface area contributed by atoms with Crippen molar-refractivity contribution in [1.29, 1.82) is 0 Å². The number of nitrogens with zero attached hydrogens (tertiary/aromatic N) is 7. The first kappa shape index (κ1) is 30.3. The summed E-state index contributed by atoms with van der Waals surface area (Å²) in [6.45, 7) is -1.37. The summed E-state index contributed by atoms with van der Waals surface area (Å²) in [4.78, 5) is 55.4. The number of hydrogen-bond acceptors (Lipinski definition) is 17. The zero-order valence-corrected chi connectivity index (χ0v) is 24.7. The van der Waals surface area contributed by atoms with Gasteiger partial charge in [0.25, 0.3) is 5.56 Å². The van der Waals surface area contributed by atoms with Crippen LogP contribution in [0.1, 0.15) is 18.9 Å². The maximum atomic E-state index is 13.3. The third-order valence-electron chi connectivity index (χ3n) is 7.68. The first-order chi connectivity index (χ1) is 21.5. The number of phosphoric ester groups is 1. The maximum Gasteiger partial charge on any atom is 0.472 e. The second-order valence-electron chi connectivity index (χ2n) is 10.5. The lowest BCUT2D eigenvalue weighted by molar-refractivity contribution is -0.184. The van der Waals surface area contributed by atoms with Gasteiger partial charge in [-0.05, 0) is 0 Å². The summed E-state index contributed by atoms with van der Waals surface area (Å²) < 4.78 is 61.9. The molecule has 0 saturated carbocycles. The Kier molecular flexibility index (Phi) is 7.49. The number of H-pyrrole nitrogens is 1. The third-order valence-corrected chi connectivity index (χ3v) is 9.12. The quantitative estimate of drug-likeness (QED) is 0.103. The van der Waals surface area contributed by atoms with E-state index in [0.29, 0.717) is 0 Å². The number of nitrogen functional groups attached to an aromatic ring is 2. The first-order valence-electron chi connectivity index (χ1n) is 13.2. The normalized spacial score (nSPS) is 31.6. The number of ether oxygens (including phenoxy) is 3. The average molecular weight is 672 g/mol. The number of nitrogens with one attached hydrogen (secondary N) is 1. The largest absolute Gasteiger partial charge is 0.472 e. The summed E-state index contributed by atoms with van der Waals surface area (Å²) in [6.07, 6.45) is -2.65. The number of phosphoric acid groups is 1. The van der Waals surface area contributed by atoms with Crippen molar-refractivity contribution < 1.29 is 51.8 Å². The Morgan fingerprint density at radius 3 is 2.67 bits per heavy atom. The Labute approximate surface area is 250 Å². The van der Waals surface area contributed by atoms with Gasteiger partial charge in [-0.3, -0.25) is 32.5 Å². The Hall–Kier alpha value is -3.40. The summed E-state index contributed by atoms with van der Waals surface area (Å²) in [6, 6.07) is 0. The molecule has 0 radical (unpaired) electrons. The summed E-state index contributed by atoms with van der Waals surface area (Å²) >= 11 is 0. The van der Waals surface area contributed by atoms with E-state index in [9.17, 15) is 28.8 Å². The summed E-state index contributed by atoms with van der Waals surface area (Å²) in [5.41, 5.74) is 9.81. The molecule has 3 saturated heterocycles. The van der Waals surface area contributed by atoms with E-state index in [4.69, 9.17) is 39.2 Å². The highest BCUT2D eigenvalue weighted by atomic mass is 31.2. The van der Waals surface area contributed by atoms with Crippen LogP contribution in [-0.2, 0) is 36.9 Å². The third kappa shape index (κ3) is 5.22. The average Bonchev–Trinajstić information content (AvgIpc) is 3.80. The number of anilines is 2. The van der Waals surface area contributed by atoms with E-state index in [1.165, 1.54) is 28.1 Å². The lowest BCUT2D eigenvalue weighted by Gasteiger charge is -2.32. The topological polar surface area (TPSA) is 309 Å². The van der Waals surface area contributed by atoms with E-state index in [-0.39, 0.29) is 47.1 Å². The molecule has 7 heterocycles. The van der Waals surface area contributed by atoms with Gasteiger partial charge in [0.15, 0.2) is 35.1 Å². The van der Waals surface area contributed by atoms with E-state index in [2.05, 4.69) is 29.9 Å². The molecule has 3 aliphatic heterocycles. The van der Waals surface area contributed by atoms with Crippen LogP contribution < -0.4 is 17.0 Å². The van der Waals surface area contributed by atoms with Crippen LogP contribution in [0, 0.1) is 0 Å². The number of rotatable bonds is 10. The summed E-state index contributed by atoms with van der Waals surface area (Å²) in [7, 11) is -8.50. The molecule has 3 fully saturated rings. The SMILES string of the molecule is Nc1nc2c(ncn2[C@@H]2O[C@H](CO)CC2OP(=O)(O)OC[C@]23COC(C2O[PH](=O)O)[C@H](n2cnc4c(N)ncnc42)O3)c(=O)[nH]1. The van der Waals surface area contributed by atoms with Gasteiger partial charge in [0, 0.05) is 6.42 Å². The van der Waals surface area contributed by atoms with Crippen molar-refractivity contribution in [2.75, 3.05) is 31.3 Å². The van der Waals surface area contributed by atoms with E-state index in [0.717, 1.165) is 0 Å². The van der Waals surface area contributed by atoms with Crippen molar-refractivity contribution in [1.82, 2.24) is 39.0 Å². The minimum absolute atomic E-state index is 0.0128. The van der Waals surface area contributed by atoms with E-state index < -0.39 is 77.3 Å². The van der Waals surface area contributed by atoms with Crippen LogP contribution in [0.3, 0.4) is 0 Å². The number of aliphatic hydroxyl groups is 1. The second-order valence-corrected chi connectivity index (χ2v) is 12.6. The van der Waals surface area contributed by atoms with E-state index in [1.54, 1.807) is 0 Å². The number of hydrogen-bond donors (Lipinski definition) is 6. The van der Waals surface area contributed by atoms with Crippen molar-refractivity contribution in [3.63, 3.8) is 0 Å². The van der Waals surface area contributed by atoms with Gasteiger partial charge in [-0.25, -0.2) is 24.5 Å². The highest BCUT2D eigenvalue weighted by molar-refractivity contribution is 7.47. The molecule has 24 heteroatoms. The highest BCUT2D eigenvalue weighted by Crippen LogP contribution is 2.54. The Morgan fingerprint density at radius 1 is 1.16 bits per heavy atom. The molecule has 3 aliphatic rings. The predicted molar refractivity (Wildman–Crippen MR) is 147 cm³/mol. The van der Waals surface area contributed by atoms with Crippen LogP contribution in [0.15, 0.2) is 23.8 Å². The van der Waals surface area contributed by atoms with Crippen LogP contribution in [0.5, 0.6) is 0 Å². The molecule has 4 aromatic rings. The molecular weight excluding hydrogens is 646 g/mol. The minimum atomic E-state index is -4.96. The van der Waals surface area contributed by atoms with Crippen LogP contribution >= 0.6 is 16.1 Å². The Morgan fingerprint density at radius 2 is 1.91 bits per heavy atom. The molecular formula is C21H26N10O12P2. The first-order valence-corrected chi connectivity index (χ1v) is 16.0. The molecule has 8 N–H and O–H groups in total. The highest BCUT2D eigenvalue weighted by Gasteiger charge is 2.64. The lowest BCUT2D eigenvalue weighted by atomic mass is 10.0. The second kappa shape index (κ2) is 11.1. The lowest BCUT2D eigenvalue weighted by Crippen LogP contribution is -2.45. The van der Waals surface area contributed by atoms with Crippen molar-refractivity contribution >= 4 is 50.2 Å². The van der Waals surface area contributed by atoms with Gasteiger partial charge in [-0.2, -0.15) is 4.98 Å². The molecule has 45 heavy (non-hydrogen) atoms. The molecule has 5 unspecified atom stereocenters.